The maximum Gasteiger partial charge on any atom is 0.00860 e. The number of allylic oxidation sites excluding steroid dienone is 5. The van der Waals surface area contributed by atoms with Gasteiger partial charge in [-0.05, 0) is 68.2 Å². The van der Waals surface area contributed by atoms with Gasteiger partial charge in [0.05, 0.1) is 0 Å². The predicted molar refractivity (Wildman–Crippen MR) is 108 cm³/mol. The van der Waals surface area contributed by atoms with Gasteiger partial charge in [0.1, 0.15) is 0 Å². The van der Waals surface area contributed by atoms with Gasteiger partial charge >= 0.3 is 0 Å². The zero-order chi connectivity index (χ0) is 17.8. The maximum absolute atomic E-state index is 5.36. The first-order valence-corrected chi connectivity index (χ1v) is 9.07. The van der Waals surface area contributed by atoms with E-state index >= 15 is 0 Å². The molecule has 0 aliphatic rings. The van der Waals surface area contributed by atoms with E-state index in [1.807, 2.05) is 6.08 Å². The molecule has 0 radical (unpaired) electrons. The van der Waals surface area contributed by atoms with Crippen molar-refractivity contribution in [2.75, 3.05) is 0 Å². The Labute approximate surface area is 149 Å². The number of hydrogen-bond acceptors (Lipinski definition) is 0. The highest BCUT2D eigenvalue weighted by atomic mass is 14.2. The number of hydrogen-bond donors (Lipinski definition) is 0. The molecule has 0 aromatic heterocycles. The van der Waals surface area contributed by atoms with Crippen LogP contribution < -0.4 is 0 Å². The van der Waals surface area contributed by atoms with Crippen molar-refractivity contribution in [3.05, 3.63) is 71.3 Å². The fourth-order valence-corrected chi connectivity index (χ4v) is 3.22. The van der Waals surface area contributed by atoms with Crippen LogP contribution >= 0.6 is 0 Å². The van der Waals surface area contributed by atoms with Gasteiger partial charge in [0.25, 0.3) is 0 Å². The summed E-state index contributed by atoms with van der Waals surface area (Å²) >= 11 is 0. The molecular formula is C24H32. The molecule has 24 heavy (non-hydrogen) atoms. The maximum atomic E-state index is 5.36. The Morgan fingerprint density at radius 3 is 2.71 bits per heavy atom. The summed E-state index contributed by atoms with van der Waals surface area (Å²) in [6, 6.07) is 6.69. The van der Waals surface area contributed by atoms with E-state index in [0.29, 0.717) is 5.92 Å². The van der Waals surface area contributed by atoms with Crippen molar-refractivity contribution in [3.8, 4) is 12.3 Å². The number of unbranched alkanes of at least 4 members (excludes halogenated alkanes) is 3. The van der Waals surface area contributed by atoms with E-state index in [1.165, 1.54) is 41.5 Å². The highest BCUT2D eigenvalue weighted by molar-refractivity contribution is 5.37. The van der Waals surface area contributed by atoms with Gasteiger partial charge in [-0.25, -0.2) is 0 Å². The van der Waals surface area contributed by atoms with Crippen molar-refractivity contribution in [2.24, 2.45) is 0 Å². The van der Waals surface area contributed by atoms with Crippen molar-refractivity contribution in [1.82, 2.24) is 0 Å². The van der Waals surface area contributed by atoms with E-state index in [4.69, 9.17) is 6.42 Å². The Kier molecular flexibility index (Phi) is 9.62. The van der Waals surface area contributed by atoms with E-state index in [-0.39, 0.29) is 0 Å². The van der Waals surface area contributed by atoms with Crippen molar-refractivity contribution in [1.29, 1.82) is 0 Å². The summed E-state index contributed by atoms with van der Waals surface area (Å²) in [6.07, 6.45) is 20.5. The molecule has 0 N–H and O–H groups in total. The van der Waals surface area contributed by atoms with Crippen LogP contribution in [0.25, 0.3) is 0 Å². The van der Waals surface area contributed by atoms with Gasteiger partial charge in [-0.15, -0.1) is 12.3 Å². The van der Waals surface area contributed by atoms with E-state index in [9.17, 15) is 0 Å². The fourth-order valence-electron chi connectivity index (χ4n) is 3.22. The van der Waals surface area contributed by atoms with Crippen LogP contribution in [0.3, 0.4) is 0 Å². The number of terminal acetylenes is 1. The third-order valence-corrected chi connectivity index (χ3v) is 4.65. The van der Waals surface area contributed by atoms with Crippen LogP contribution in [-0.2, 0) is 0 Å². The molecule has 0 nitrogen and oxygen atoms in total. The molecule has 0 bridgehead atoms. The Balaban J connectivity index is 2.94. The molecule has 1 atom stereocenters. The van der Waals surface area contributed by atoms with Crippen LogP contribution in [0.4, 0.5) is 0 Å². The van der Waals surface area contributed by atoms with Gasteiger partial charge in [-0.1, -0.05) is 61.9 Å². The van der Waals surface area contributed by atoms with Gasteiger partial charge in [-0.3, -0.25) is 0 Å². The van der Waals surface area contributed by atoms with Gasteiger partial charge in [0.2, 0.25) is 0 Å². The molecule has 0 spiro atoms. The van der Waals surface area contributed by atoms with Crippen LogP contribution in [0.5, 0.6) is 0 Å². The highest BCUT2D eigenvalue weighted by Crippen LogP contribution is 2.33. The Hall–Kier alpha value is -2.00. The monoisotopic (exact) mass is 320 g/mol. The summed E-state index contributed by atoms with van der Waals surface area (Å²) in [7, 11) is 0. The lowest BCUT2D eigenvalue weighted by Gasteiger charge is -2.21. The Bertz CT molecular complexity index is 607. The normalized spacial score (nSPS) is 13.0. The molecular weight excluding hydrogens is 288 g/mol. The molecule has 128 valence electrons. The summed E-state index contributed by atoms with van der Waals surface area (Å²) in [5.41, 5.74) is 5.66. The second kappa shape index (κ2) is 11.5. The van der Waals surface area contributed by atoms with E-state index in [2.05, 4.69) is 69.7 Å². The number of rotatable bonds is 10. The zero-order valence-electron chi connectivity index (χ0n) is 15.6. The first-order valence-electron chi connectivity index (χ1n) is 9.07. The molecule has 1 aromatic carbocycles. The molecule has 0 aliphatic heterocycles. The molecule has 1 aromatic rings. The number of aryl methyl sites for hydroxylation is 1. The molecule has 0 aliphatic carbocycles. The molecule has 0 saturated heterocycles. The number of benzene rings is 1. The molecule has 0 heterocycles. The third kappa shape index (κ3) is 6.63. The van der Waals surface area contributed by atoms with Crippen molar-refractivity contribution in [2.45, 2.75) is 65.2 Å². The highest BCUT2D eigenvalue weighted by Gasteiger charge is 2.15. The quantitative estimate of drug-likeness (QED) is 0.246. The van der Waals surface area contributed by atoms with Crippen LogP contribution in [0.2, 0.25) is 0 Å². The average molecular weight is 321 g/mol. The van der Waals surface area contributed by atoms with E-state index in [1.54, 1.807) is 0 Å². The second-order valence-electron chi connectivity index (χ2n) is 6.47. The van der Waals surface area contributed by atoms with E-state index in [0.717, 1.165) is 19.3 Å². The zero-order valence-corrected chi connectivity index (χ0v) is 15.6. The van der Waals surface area contributed by atoms with Crippen LogP contribution in [-0.4, -0.2) is 0 Å². The van der Waals surface area contributed by atoms with Crippen molar-refractivity contribution in [3.63, 3.8) is 0 Å². The molecule has 0 saturated carbocycles. The van der Waals surface area contributed by atoms with E-state index < -0.39 is 0 Å². The molecule has 0 fully saturated rings. The van der Waals surface area contributed by atoms with Gasteiger partial charge in [0.15, 0.2) is 0 Å². The first-order chi connectivity index (χ1) is 11.6. The molecule has 0 amide bonds. The summed E-state index contributed by atoms with van der Waals surface area (Å²) in [4.78, 5) is 0. The minimum Gasteiger partial charge on any atom is -0.120 e. The topological polar surface area (TPSA) is 0 Å². The van der Waals surface area contributed by atoms with Crippen molar-refractivity contribution < 1.29 is 0 Å². The van der Waals surface area contributed by atoms with Crippen LogP contribution in [0.15, 0.2) is 54.7 Å². The lowest BCUT2D eigenvalue weighted by molar-refractivity contribution is 0.556. The molecule has 1 rings (SSSR count). The second-order valence-corrected chi connectivity index (χ2v) is 6.47. The average Bonchev–Trinajstić information content (AvgIpc) is 2.56. The standard InChI is InChI=1S/C24H32/c1-6-9-10-11-12-17-23(19-22(14-7-2)15-8-3)24-18-13-16-20(4)21(24)5/h1,7-8,13-16,18,23H,2,9-12,17,19H2,3-5H3/b15-8-,22-14+. The van der Waals surface area contributed by atoms with Gasteiger partial charge in [0, 0.05) is 6.42 Å². The van der Waals surface area contributed by atoms with Crippen molar-refractivity contribution >= 4 is 0 Å². The SMILES string of the molecule is C#CCCCCCC(CC(/C=C\C)=C/C=C)c1cccc(C)c1C. The lowest BCUT2D eigenvalue weighted by Crippen LogP contribution is -2.04. The van der Waals surface area contributed by atoms with Crippen LogP contribution in [0.1, 0.15) is 68.1 Å². The van der Waals surface area contributed by atoms with Crippen LogP contribution in [0, 0.1) is 26.2 Å². The predicted octanol–water partition coefficient (Wildman–Crippen LogP) is 7.05. The molecule has 0 heteroatoms. The summed E-state index contributed by atoms with van der Waals surface area (Å²) in [5, 5.41) is 0. The minimum absolute atomic E-state index is 0.554. The summed E-state index contributed by atoms with van der Waals surface area (Å²) in [6.45, 7) is 10.4. The summed E-state index contributed by atoms with van der Waals surface area (Å²) in [5.74, 6) is 3.29. The van der Waals surface area contributed by atoms with Gasteiger partial charge < -0.3 is 0 Å². The molecule has 1 unspecified atom stereocenters. The largest absolute Gasteiger partial charge is 0.120 e. The third-order valence-electron chi connectivity index (χ3n) is 4.65. The Morgan fingerprint density at radius 2 is 2.04 bits per heavy atom. The van der Waals surface area contributed by atoms with Gasteiger partial charge in [-0.2, -0.15) is 0 Å². The fraction of sp³-hybridized carbons (Fsp3) is 0.417. The minimum atomic E-state index is 0.554. The Morgan fingerprint density at radius 1 is 1.25 bits per heavy atom. The lowest BCUT2D eigenvalue weighted by atomic mass is 9.84. The first kappa shape index (κ1) is 20.0. The summed E-state index contributed by atoms with van der Waals surface area (Å²) < 4.78 is 0. The smallest absolute Gasteiger partial charge is 0.00860 e.